The highest BCUT2D eigenvalue weighted by atomic mass is 127. The number of anilines is 2. The van der Waals surface area contributed by atoms with Gasteiger partial charge in [0.25, 0.3) is 0 Å². The minimum Gasteiger partial charge on any atom is -0.493 e. The van der Waals surface area contributed by atoms with Gasteiger partial charge in [0.05, 0.1) is 34.7 Å². The molecule has 0 saturated carbocycles. The van der Waals surface area contributed by atoms with Gasteiger partial charge in [0.15, 0.2) is 23.1 Å². The van der Waals surface area contributed by atoms with Crippen LogP contribution in [0.5, 0.6) is 11.5 Å². The lowest BCUT2D eigenvalue weighted by Gasteiger charge is -2.14. The molecular formula is C21H18FIN6O2. The second-order valence-corrected chi connectivity index (χ2v) is 7.26. The molecule has 2 N–H and O–H groups in total. The Balaban J connectivity index is 1.74. The Morgan fingerprint density at radius 3 is 2.87 bits per heavy atom. The zero-order valence-electron chi connectivity index (χ0n) is 16.7. The van der Waals surface area contributed by atoms with E-state index >= 15 is 0 Å². The summed E-state index contributed by atoms with van der Waals surface area (Å²) in [6.45, 7) is 0.237. The molecule has 1 heterocycles. The van der Waals surface area contributed by atoms with Gasteiger partial charge in [0, 0.05) is 12.6 Å². The molecule has 0 fully saturated rings. The van der Waals surface area contributed by atoms with Crippen molar-refractivity contribution in [2.45, 2.75) is 6.61 Å². The topological polar surface area (TPSA) is 104 Å². The molecule has 0 aliphatic rings. The Morgan fingerprint density at radius 2 is 2.13 bits per heavy atom. The highest BCUT2D eigenvalue weighted by Crippen LogP contribution is 2.34. The molecule has 0 radical (unpaired) electrons. The van der Waals surface area contributed by atoms with Gasteiger partial charge in [0.1, 0.15) is 6.61 Å². The molecule has 2 aromatic carbocycles. The fourth-order valence-corrected chi connectivity index (χ4v) is 3.40. The molecule has 0 bridgehead atoms. The van der Waals surface area contributed by atoms with Gasteiger partial charge in [-0.3, -0.25) is 0 Å². The molecule has 1 aromatic heterocycles. The summed E-state index contributed by atoms with van der Waals surface area (Å²) in [5, 5.41) is 16.0. The van der Waals surface area contributed by atoms with Crippen molar-refractivity contribution in [1.82, 2.24) is 9.97 Å². The quantitative estimate of drug-likeness (QED) is 0.255. The number of hydrazone groups is 1. The summed E-state index contributed by atoms with van der Waals surface area (Å²) in [5.74, 6) is 0.771. The van der Waals surface area contributed by atoms with Crippen molar-refractivity contribution < 1.29 is 13.9 Å². The van der Waals surface area contributed by atoms with Crippen molar-refractivity contribution in [2.24, 2.45) is 5.10 Å². The van der Waals surface area contributed by atoms with E-state index in [4.69, 9.17) is 9.47 Å². The van der Waals surface area contributed by atoms with Crippen molar-refractivity contribution in [2.75, 3.05) is 24.9 Å². The predicted molar refractivity (Wildman–Crippen MR) is 124 cm³/mol. The lowest BCUT2D eigenvalue weighted by Crippen LogP contribution is -2.03. The number of benzene rings is 2. The third-order valence-electron chi connectivity index (χ3n) is 4.12. The van der Waals surface area contributed by atoms with Gasteiger partial charge in [-0.2, -0.15) is 15.3 Å². The van der Waals surface area contributed by atoms with Crippen molar-refractivity contribution >= 4 is 40.6 Å². The molecule has 0 amide bonds. The zero-order chi connectivity index (χ0) is 22.2. The van der Waals surface area contributed by atoms with E-state index in [1.807, 2.05) is 24.3 Å². The van der Waals surface area contributed by atoms with Crippen molar-refractivity contribution in [1.29, 1.82) is 5.26 Å². The Morgan fingerprint density at radius 1 is 1.32 bits per heavy atom. The number of nitrogens with one attached hydrogen (secondary N) is 2. The van der Waals surface area contributed by atoms with Gasteiger partial charge in [-0.05, 0) is 46.4 Å². The smallest absolute Gasteiger partial charge is 0.245 e. The number of hydrogen-bond donors (Lipinski definition) is 2. The number of nitriles is 1. The lowest BCUT2D eigenvalue weighted by molar-refractivity contribution is 0.282. The van der Waals surface area contributed by atoms with E-state index in [0.29, 0.717) is 17.1 Å². The second kappa shape index (κ2) is 10.5. The molecule has 0 unspecified atom stereocenters. The van der Waals surface area contributed by atoms with Crippen LogP contribution in [-0.4, -0.2) is 30.3 Å². The summed E-state index contributed by atoms with van der Waals surface area (Å²) in [7, 11) is 3.11. The molecule has 0 aliphatic carbocycles. The van der Waals surface area contributed by atoms with Crippen LogP contribution in [0.4, 0.5) is 16.2 Å². The van der Waals surface area contributed by atoms with Crippen molar-refractivity contribution in [3.8, 4) is 17.6 Å². The summed E-state index contributed by atoms with van der Waals surface area (Å²) < 4.78 is 25.7. The van der Waals surface area contributed by atoms with Gasteiger partial charge >= 0.3 is 0 Å². The average molecular weight is 532 g/mol. The first-order valence-electron chi connectivity index (χ1n) is 9.03. The van der Waals surface area contributed by atoms with Gasteiger partial charge in [-0.25, -0.2) is 14.8 Å². The molecule has 10 heteroatoms. The number of methoxy groups -OCH3 is 1. The van der Waals surface area contributed by atoms with Crippen LogP contribution in [0.15, 0.2) is 47.7 Å². The molecule has 0 atom stereocenters. The Hall–Kier alpha value is -3.46. The van der Waals surface area contributed by atoms with Gasteiger partial charge in [-0.1, -0.05) is 18.2 Å². The predicted octanol–water partition coefficient (Wildman–Crippen LogP) is 4.17. The van der Waals surface area contributed by atoms with Crippen LogP contribution in [0.2, 0.25) is 0 Å². The normalized spacial score (nSPS) is 10.5. The summed E-state index contributed by atoms with van der Waals surface area (Å²) in [6, 6.07) is 13.1. The van der Waals surface area contributed by atoms with Crippen LogP contribution in [0, 0.1) is 20.7 Å². The summed E-state index contributed by atoms with van der Waals surface area (Å²) in [6.07, 6.45) is 2.62. The number of aromatic nitrogens is 2. The van der Waals surface area contributed by atoms with Crippen LogP contribution in [0.3, 0.4) is 0 Å². The average Bonchev–Trinajstić information content (AvgIpc) is 2.79. The van der Waals surface area contributed by atoms with Crippen LogP contribution >= 0.6 is 22.6 Å². The van der Waals surface area contributed by atoms with Gasteiger partial charge in [-0.15, -0.1) is 0 Å². The van der Waals surface area contributed by atoms with Crippen LogP contribution in [0.1, 0.15) is 16.7 Å². The maximum absolute atomic E-state index is 13.4. The molecule has 0 saturated heterocycles. The maximum atomic E-state index is 13.4. The van der Waals surface area contributed by atoms with E-state index in [-0.39, 0.29) is 18.4 Å². The second-order valence-electron chi connectivity index (χ2n) is 6.10. The van der Waals surface area contributed by atoms with Crippen molar-refractivity contribution in [3.05, 3.63) is 68.7 Å². The minimum atomic E-state index is -0.552. The first-order chi connectivity index (χ1) is 15.0. The zero-order valence-corrected chi connectivity index (χ0v) is 18.8. The number of hydrogen-bond acceptors (Lipinski definition) is 8. The summed E-state index contributed by atoms with van der Waals surface area (Å²) in [4.78, 5) is 7.79. The van der Waals surface area contributed by atoms with E-state index in [1.165, 1.54) is 0 Å². The highest BCUT2D eigenvalue weighted by Gasteiger charge is 2.12. The first kappa shape index (κ1) is 22.2. The molecule has 158 valence electrons. The monoisotopic (exact) mass is 532 g/mol. The standard InChI is InChI=1S/C21H18FIN6O2/c1-25-20-16(22)11-26-21(28-20)29-27-10-13-7-17(23)19(18(8-13)30-2)31-12-15-6-4-3-5-14(15)9-24/h3-8,10-11H,12H2,1-2H3,(H2,25,26,28,29)/b27-10-. The van der Waals surface area contributed by atoms with Crippen molar-refractivity contribution in [3.63, 3.8) is 0 Å². The molecule has 3 aromatic rings. The fraction of sp³-hybridized carbons (Fsp3) is 0.143. The highest BCUT2D eigenvalue weighted by molar-refractivity contribution is 14.1. The Kier molecular flexibility index (Phi) is 7.55. The van der Waals surface area contributed by atoms with E-state index in [1.54, 1.807) is 32.5 Å². The molecule has 8 nitrogen and oxygen atoms in total. The number of halogens is 2. The van der Waals surface area contributed by atoms with E-state index in [2.05, 4.69) is 54.5 Å². The van der Waals surface area contributed by atoms with E-state index in [9.17, 15) is 9.65 Å². The van der Waals surface area contributed by atoms with E-state index in [0.717, 1.165) is 20.9 Å². The molecule has 0 aliphatic heterocycles. The largest absolute Gasteiger partial charge is 0.493 e. The summed E-state index contributed by atoms with van der Waals surface area (Å²) >= 11 is 2.15. The van der Waals surface area contributed by atoms with E-state index < -0.39 is 5.82 Å². The SMILES string of the molecule is CNc1nc(N/N=C\c2cc(I)c(OCc3ccccc3C#N)c(OC)c2)ncc1F. The third-order valence-corrected chi connectivity index (χ3v) is 4.92. The number of nitrogens with zero attached hydrogens (tertiary/aromatic N) is 4. The molecule has 0 spiro atoms. The number of ether oxygens (including phenoxy) is 2. The minimum absolute atomic E-state index is 0.0726. The molecule has 3 rings (SSSR count). The third kappa shape index (κ3) is 5.58. The van der Waals surface area contributed by atoms with Gasteiger partial charge in [0.2, 0.25) is 5.95 Å². The number of rotatable bonds is 8. The molecular weight excluding hydrogens is 514 g/mol. The Bertz CT molecular complexity index is 1150. The van der Waals surface area contributed by atoms with Crippen LogP contribution < -0.4 is 20.2 Å². The maximum Gasteiger partial charge on any atom is 0.245 e. The van der Waals surface area contributed by atoms with Gasteiger partial charge < -0.3 is 14.8 Å². The molecule has 31 heavy (non-hydrogen) atoms. The van der Waals surface area contributed by atoms with Crippen LogP contribution in [-0.2, 0) is 6.61 Å². The van der Waals surface area contributed by atoms with Crippen LogP contribution in [0.25, 0.3) is 0 Å². The lowest BCUT2D eigenvalue weighted by atomic mass is 10.1. The summed E-state index contributed by atoms with van der Waals surface area (Å²) in [5.41, 5.74) is 4.76. The fourth-order valence-electron chi connectivity index (χ4n) is 2.62. The first-order valence-corrected chi connectivity index (χ1v) is 10.1. The Labute approximate surface area is 192 Å².